The molecule has 0 saturated heterocycles. The maximum Gasteiger partial charge on any atom is 0.123 e. The van der Waals surface area contributed by atoms with Gasteiger partial charge in [-0.2, -0.15) is 0 Å². The average molecular weight is 367 g/mol. The van der Waals surface area contributed by atoms with Crippen LogP contribution in [0.1, 0.15) is 75.0 Å². The van der Waals surface area contributed by atoms with E-state index in [1.165, 1.54) is 81.4 Å². The molecule has 3 rings (SSSR count). The summed E-state index contributed by atoms with van der Waals surface area (Å²) in [5.41, 5.74) is 4.14. The first-order valence-electron chi connectivity index (χ1n) is 11.0. The molecule has 146 valence electrons. The minimum Gasteiger partial charge on any atom is -0.207 e. The van der Waals surface area contributed by atoms with Crippen molar-refractivity contribution < 1.29 is 4.39 Å². The zero-order valence-electron chi connectivity index (χ0n) is 16.9. The summed E-state index contributed by atoms with van der Waals surface area (Å²) in [7, 11) is 0. The van der Waals surface area contributed by atoms with Crippen molar-refractivity contribution in [3.05, 3.63) is 71.0 Å². The summed E-state index contributed by atoms with van der Waals surface area (Å²) in [5, 5.41) is 0. The Labute approximate surface area is 165 Å². The normalized spacial score (nSPS) is 19.9. The lowest BCUT2D eigenvalue weighted by molar-refractivity contribution is 0.253. The topological polar surface area (TPSA) is 0 Å². The first-order chi connectivity index (χ1) is 13.2. The summed E-state index contributed by atoms with van der Waals surface area (Å²) in [6.07, 6.45) is 14.1. The second-order valence-corrected chi connectivity index (χ2v) is 8.51. The molecular weight excluding hydrogens is 331 g/mol. The van der Waals surface area contributed by atoms with Crippen LogP contribution in [0.2, 0.25) is 0 Å². The molecule has 27 heavy (non-hydrogen) atoms. The highest BCUT2D eigenvalue weighted by Gasteiger charge is 2.20. The molecule has 0 heterocycles. The number of hydrogen-bond donors (Lipinski definition) is 0. The van der Waals surface area contributed by atoms with Gasteiger partial charge in [0, 0.05) is 0 Å². The van der Waals surface area contributed by atoms with Crippen LogP contribution in [0.15, 0.2) is 48.5 Å². The molecule has 0 radical (unpaired) electrons. The maximum absolute atomic E-state index is 13.3. The molecule has 0 unspecified atom stereocenters. The van der Waals surface area contributed by atoms with Gasteiger partial charge in [0.1, 0.15) is 5.82 Å². The van der Waals surface area contributed by atoms with Gasteiger partial charge in [-0.05, 0) is 79.2 Å². The summed E-state index contributed by atoms with van der Waals surface area (Å²) in [6, 6.07) is 16.5. The van der Waals surface area contributed by atoms with Gasteiger partial charge in [-0.15, -0.1) is 0 Å². The van der Waals surface area contributed by atoms with Crippen LogP contribution >= 0.6 is 0 Å². The Kier molecular flexibility index (Phi) is 7.93. The molecular formula is C26H35F. The van der Waals surface area contributed by atoms with Crippen LogP contribution in [0.25, 0.3) is 0 Å². The van der Waals surface area contributed by atoms with Crippen LogP contribution in [0, 0.1) is 17.7 Å². The van der Waals surface area contributed by atoms with Gasteiger partial charge in [-0.1, -0.05) is 75.4 Å². The highest BCUT2D eigenvalue weighted by Crippen LogP contribution is 2.34. The summed E-state index contributed by atoms with van der Waals surface area (Å²) in [4.78, 5) is 0. The van der Waals surface area contributed by atoms with E-state index < -0.39 is 0 Å². The van der Waals surface area contributed by atoms with E-state index in [1.54, 1.807) is 6.07 Å². The van der Waals surface area contributed by atoms with Crippen molar-refractivity contribution in [3.8, 4) is 0 Å². The average Bonchev–Trinajstić information content (AvgIpc) is 2.71. The molecule has 0 atom stereocenters. The maximum atomic E-state index is 13.3. The largest absolute Gasteiger partial charge is 0.207 e. The second kappa shape index (κ2) is 10.6. The Morgan fingerprint density at radius 2 is 1.30 bits per heavy atom. The molecule has 0 spiro atoms. The number of rotatable bonds is 9. The van der Waals surface area contributed by atoms with Crippen LogP contribution in [0.4, 0.5) is 4.39 Å². The summed E-state index contributed by atoms with van der Waals surface area (Å²) in [6.45, 7) is 2.25. The summed E-state index contributed by atoms with van der Waals surface area (Å²) < 4.78 is 13.3. The molecule has 0 aliphatic heterocycles. The molecule has 1 aliphatic carbocycles. The van der Waals surface area contributed by atoms with Crippen molar-refractivity contribution in [1.29, 1.82) is 0 Å². The SMILES string of the molecule is CCCCc1ccc(CCC2CCC(CCc3cccc(F)c3)CC2)cc1. The number of benzene rings is 2. The van der Waals surface area contributed by atoms with E-state index in [1.807, 2.05) is 6.07 Å². The molecule has 0 amide bonds. The molecule has 0 bridgehead atoms. The Balaban J connectivity index is 1.34. The lowest BCUT2D eigenvalue weighted by Crippen LogP contribution is -2.15. The van der Waals surface area contributed by atoms with Gasteiger partial charge in [0.25, 0.3) is 0 Å². The standard InChI is InChI=1S/C26H35F/c1-2-3-5-21-8-10-22(11-9-21)12-13-23-14-16-24(17-15-23)18-19-25-6-4-7-26(27)20-25/h4,6-11,20,23-24H,2-3,5,12-19H2,1H3. The van der Waals surface area contributed by atoms with Crippen LogP contribution in [-0.2, 0) is 19.3 Å². The van der Waals surface area contributed by atoms with Gasteiger partial charge in [0.05, 0.1) is 0 Å². The smallest absolute Gasteiger partial charge is 0.123 e. The van der Waals surface area contributed by atoms with Gasteiger partial charge in [-0.3, -0.25) is 0 Å². The minimum atomic E-state index is -0.102. The minimum absolute atomic E-state index is 0.102. The summed E-state index contributed by atoms with van der Waals surface area (Å²) >= 11 is 0. The molecule has 2 aromatic carbocycles. The Morgan fingerprint density at radius 1 is 0.741 bits per heavy atom. The fourth-order valence-corrected chi connectivity index (χ4v) is 4.50. The third-order valence-electron chi connectivity index (χ3n) is 6.38. The van der Waals surface area contributed by atoms with Gasteiger partial charge < -0.3 is 0 Å². The number of halogens is 1. The van der Waals surface area contributed by atoms with Gasteiger partial charge >= 0.3 is 0 Å². The number of hydrogen-bond acceptors (Lipinski definition) is 0. The number of unbranched alkanes of at least 4 members (excludes halogenated alkanes) is 1. The third-order valence-corrected chi connectivity index (χ3v) is 6.38. The predicted octanol–water partition coefficient (Wildman–Crippen LogP) is 7.54. The van der Waals surface area contributed by atoms with Gasteiger partial charge in [0.15, 0.2) is 0 Å². The fraction of sp³-hybridized carbons (Fsp3) is 0.538. The second-order valence-electron chi connectivity index (χ2n) is 8.51. The van der Waals surface area contributed by atoms with Crippen LogP contribution in [0.3, 0.4) is 0 Å². The fourth-order valence-electron chi connectivity index (χ4n) is 4.50. The van der Waals surface area contributed by atoms with Crippen LogP contribution < -0.4 is 0 Å². The van der Waals surface area contributed by atoms with Gasteiger partial charge in [-0.25, -0.2) is 4.39 Å². The van der Waals surface area contributed by atoms with E-state index in [9.17, 15) is 4.39 Å². The lowest BCUT2D eigenvalue weighted by Gasteiger charge is -2.28. The molecule has 0 nitrogen and oxygen atoms in total. The molecule has 1 fully saturated rings. The molecule has 2 aromatic rings. The Bertz CT molecular complexity index is 665. The quantitative estimate of drug-likeness (QED) is 0.430. The van der Waals surface area contributed by atoms with E-state index in [2.05, 4.69) is 37.3 Å². The van der Waals surface area contributed by atoms with E-state index in [-0.39, 0.29) is 5.82 Å². The molecule has 1 saturated carbocycles. The van der Waals surface area contributed by atoms with Crippen molar-refractivity contribution in [2.75, 3.05) is 0 Å². The van der Waals surface area contributed by atoms with Gasteiger partial charge in [0.2, 0.25) is 0 Å². The van der Waals surface area contributed by atoms with Crippen LogP contribution in [0.5, 0.6) is 0 Å². The van der Waals surface area contributed by atoms with E-state index >= 15 is 0 Å². The molecule has 0 aromatic heterocycles. The lowest BCUT2D eigenvalue weighted by atomic mass is 9.77. The number of aryl methyl sites for hydroxylation is 3. The highest BCUT2D eigenvalue weighted by molar-refractivity contribution is 5.22. The predicted molar refractivity (Wildman–Crippen MR) is 114 cm³/mol. The first kappa shape index (κ1) is 20.1. The monoisotopic (exact) mass is 366 g/mol. The zero-order valence-corrected chi connectivity index (χ0v) is 16.9. The van der Waals surface area contributed by atoms with E-state index in [4.69, 9.17) is 0 Å². The zero-order chi connectivity index (χ0) is 18.9. The third kappa shape index (κ3) is 6.79. The molecule has 1 aliphatic rings. The molecule has 0 N–H and O–H groups in total. The van der Waals surface area contributed by atoms with Crippen molar-refractivity contribution in [3.63, 3.8) is 0 Å². The first-order valence-corrected chi connectivity index (χ1v) is 11.0. The van der Waals surface area contributed by atoms with Crippen LogP contribution in [-0.4, -0.2) is 0 Å². The molecule has 1 heteroatoms. The van der Waals surface area contributed by atoms with Crippen molar-refractivity contribution in [2.24, 2.45) is 11.8 Å². The highest BCUT2D eigenvalue weighted by atomic mass is 19.1. The van der Waals surface area contributed by atoms with Crippen molar-refractivity contribution in [2.45, 2.75) is 77.6 Å². The van der Waals surface area contributed by atoms with Crippen molar-refractivity contribution in [1.82, 2.24) is 0 Å². The Morgan fingerprint density at radius 3 is 1.85 bits per heavy atom. The van der Waals surface area contributed by atoms with Crippen molar-refractivity contribution >= 4 is 0 Å². The Hall–Kier alpha value is -1.63. The van der Waals surface area contributed by atoms with E-state index in [0.717, 1.165) is 23.8 Å². The van der Waals surface area contributed by atoms with E-state index in [0.29, 0.717) is 0 Å². The summed E-state index contributed by atoms with van der Waals surface area (Å²) in [5.74, 6) is 1.63.